The highest BCUT2D eigenvalue weighted by Gasteiger charge is 2.29. The number of pyridine rings is 2. The van der Waals surface area contributed by atoms with Crippen molar-refractivity contribution in [3.05, 3.63) is 63.7 Å². The summed E-state index contributed by atoms with van der Waals surface area (Å²) in [6.07, 6.45) is 2.54. The van der Waals surface area contributed by atoms with Gasteiger partial charge in [-0.3, -0.25) is 9.36 Å². The van der Waals surface area contributed by atoms with E-state index in [0.29, 0.717) is 25.6 Å². The monoisotopic (exact) mass is 474 g/mol. The standard InChI is InChI=1S/C24H25F3N4O3/c1-3-13-11-30(8-7-19(13)28)23-18(27)10-15-21(32)16(24(33)34-4-2)12-31(22(15)29-23)20-6-5-14(25)9-17(20)26/h5-6,9-10,12-13,19H,3-4,7-8,11,28H2,1-2H3. The van der Waals surface area contributed by atoms with E-state index in [9.17, 15) is 18.4 Å². The summed E-state index contributed by atoms with van der Waals surface area (Å²) >= 11 is 0. The SMILES string of the molecule is CCOC(=O)c1cn(-c2ccc(F)cc2F)c2nc(N3CCC(N)C(CC)C3)c(F)cc2c1=O. The number of carbonyl (C=O) groups is 1. The summed E-state index contributed by atoms with van der Waals surface area (Å²) in [7, 11) is 0. The van der Waals surface area contributed by atoms with E-state index in [1.165, 1.54) is 0 Å². The van der Waals surface area contributed by atoms with Gasteiger partial charge in [0.2, 0.25) is 5.43 Å². The molecule has 2 N–H and O–H groups in total. The first-order chi connectivity index (χ1) is 16.2. The number of piperidine rings is 1. The number of nitrogens with zero attached hydrogens (tertiary/aromatic N) is 3. The molecule has 2 unspecified atom stereocenters. The van der Waals surface area contributed by atoms with Gasteiger partial charge in [-0.25, -0.2) is 22.9 Å². The molecule has 4 rings (SSSR count). The molecular formula is C24H25F3N4O3. The molecule has 0 amide bonds. The van der Waals surface area contributed by atoms with E-state index in [2.05, 4.69) is 4.98 Å². The Hall–Kier alpha value is -3.40. The zero-order valence-corrected chi connectivity index (χ0v) is 18.9. The van der Waals surface area contributed by atoms with Crippen molar-refractivity contribution in [3.8, 4) is 5.69 Å². The summed E-state index contributed by atoms with van der Waals surface area (Å²) in [5.41, 5.74) is 4.74. The van der Waals surface area contributed by atoms with Crippen LogP contribution in [0.2, 0.25) is 0 Å². The Labute approximate surface area is 193 Å². The van der Waals surface area contributed by atoms with Crippen molar-refractivity contribution in [1.29, 1.82) is 0 Å². The van der Waals surface area contributed by atoms with E-state index in [4.69, 9.17) is 10.5 Å². The number of hydrogen-bond donors (Lipinski definition) is 1. The third-order valence-electron chi connectivity index (χ3n) is 6.19. The molecule has 1 aromatic carbocycles. The van der Waals surface area contributed by atoms with Gasteiger partial charge in [0.15, 0.2) is 17.3 Å². The van der Waals surface area contributed by atoms with Crippen molar-refractivity contribution in [2.45, 2.75) is 32.7 Å². The van der Waals surface area contributed by atoms with Crippen LogP contribution in [-0.4, -0.2) is 41.3 Å². The van der Waals surface area contributed by atoms with Crippen LogP contribution in [0.3, 0.4) is 0 Å². The molecule has 180 valence electrons. The number of nitrogens with two attached hydrogens (primary N) is 1. The van der Waals surface area contributed by atoms with Crippen LogP contribution in [0.4, 0.5) is 19.0 Å². The Morgan fingerprint density at radius 3 is 2.65 bits per heavy atom. The normalized spacial score (nSPS) is 18.4. The highest BCUT2D eigenvalue weighted by Crippen LogP contribution is 2.28. The van der Waals surface area contributed by atoms with Crippen molar-refractivity contribution in [3.63, 3.8) is 0 Å². The lowest BCUT2D eigenvalue weighted by Crippen LogP contribution is -2.47. The van der Waals surface area contributed by atoms with Crippen LogP contribution >= 0.6 is 0 Å². The number of anilines is 1. The molecule has 1 fully saturated rings. The fraction of sp³-hybridized carbons (Fsp3) is 0.375. The zero-order chi connectivity index (χ0) is 24.6. The van der Waals surface area contributed by atoms with E-state index >= 15 is 4.39 Å². The Morgan fingerprint density at radius 1 is 1.21 bits per heavy atom. The molecule has 0 aliphatic carbocycles. The Bertz CT molecular complexity index is 1310. The van der Waals surface area contributed by atoms with Crippen LogP contribution in [0.15, 0.2) is 35.3 Å². The van der Waals surface area contributed by atoms with Gasteiger partial charge in [0.25, 0.3) is 0 Å². The quantitative estimate of drug-likeness (QED) is 0.569. The van der Waals surface area contributed by atoms with Crippen LogP contribution in [0.1, 0.15) is 37.0 Å². The summed E-state index contributed by atoms with van der Waals surface area (Å²) in [4.78, 5) is 31.6. The molecule has 0 spiro atoms. The molecule has 10 heteroatoms. The van der Waals surface area contributed by atoms with E-state index in [1.54, 1.807) is 11.8 Å². The number of ether oxygens (including phenoxy) is 1. The van der Waals surface area contributed by atoms with Gasteiger partial charge in [0.1, 0.15) is 17.2 Å². The predicted octanol–water partition coefficient (Wildman–Crippen LogP) is 3.54. The molecule has 0 bridgehead atoms. The van der Waals surface area contributed by atoms with Crippen molar-refractivity contribution in [1.82, 2.24) is 9.55 Å². The van der Waals surface area contributed by atoms with Gasteiger partial charge in [-0.1, -0.05) is 13.3 Å². The Balaban J connectivity index is 1.97. The fourth-order valence-corrected chi connectivity index (χ4v) is 4.33. The van der Waals surface area contributed by atoms with Gasteiger partial charge >= 0.3 is 5.97 Å². The van der Waals surface area contributed by atoms with E-state index in [1.807, 2.05) is 6.92 Å². The maximum Gasteiger partial charge on any atom is 0.343 e. The average molecular weight is 474 g/mol. The van der Waals surface area contributed by atoms with Crippen molar-refractivity contribution < 1.29 is 22.7 Å². The second-order valence-electron chi connectivity index (χ2n) is 8.29. The minimum Gasteiger partial charge on any atom is -0.462 e. The maximum absolute atomic E-state index is 15.2. The molecule has 34 heavy (non-hydrogen) atoms. The summed E-state index contributed by atoms with van der Waals surface area (Å²) < 4.78 is 49.6. The van der Waals surface area contributed by atoms with Crippen molar-refractivity contribution >= 4 is 22.8 Å². The number of fused-ring (bicyclic) bond motifs is 1. The average Bonchev–Trinajstić information content (AvgIpc) is 2.80. The summed E-state index contributed by atoms with van der Waals surface area (Å²) in [5, 5.41) is -0.226. The number of rotatable bonds is 5. The molecule has 1 aliphatic heterocycles. The number of halogens is 3. The van der Waals surface area contributed by atoms with Crippen LogP contribution in [-0.2, 0) is 4.74 Å². The molecule has 1 aliphatic rings. The Morgan fingerprint density at radius 2 is 1.97 bits per heavy atom. The van der Waals surface area contributed by atoms with Crippen molar-refractivity contribution in [2.75, 3.05) is 24.6 Å². The first kappa shape index (κ1) is 23.7. The summed E-state index contributed by atoms with van der Waals surface area (Å²) in [6.45, 7) is 4.51. The van der Waals surface area contributed by atoms with Crippen molar-refractivity contribution in [2.24, 2.45) is 11.7 Å². The third-order valence-corrected chi connectivity index (χ3v) is 6.19. The van der Waals surface area contributed by atoms with Crippen LogP contribution in [0.5, 0.6) is 0 Å². The van der Waals surface area contributed by atoms with Gasteiger partial charge in [-0.2, -0.15) is 0 Å². The highest BCUT2D eigenvalue weighted by atomic mass is 19.1. The number of aromatic nitrogens is 2. The molecule has 3 heterocycles. The molecule has 0 radical (unpaired) electrons. The fourth-order valence-electron chi connectivity index (χ4n) is 4.33. The van der Waals surface area contributed by atoms with E-state index in [0.717, 1.165) is 35.4 Å². The lowest BCUT2D eigenvalue weighted by molar-refractivity contribution is 0.0524. The molecule has 2 aromatic heterocycles. The Kier molecular flexibility index (Phi) is 6.60. The van der Waals surface area contributed by atoms with E-state index in [-0.39, 0.29) is 41.1 Å². The third kappa shape index (κ3) is 4.25. The number of benzene rings is 1. The second kappa shape index (κ2) is 9.46. The van der Waals surface area contributed by atoms with Crippen LogP contribution < -0.4 is 16.1 Å². The highest BCUT2D eigenvalue weighted by molar-refractivity contribution is 5.94. The van der Waals surface area contributed by atoms with Crippen LogP contribution in [0, 0.1) is 23.4 Å². The van der Waals surface area contributed by atoms with Crippen LogP contribution in [0.25, 0.3) is 16.7 Å². The second-order valence-corrected chi connectivity index (χ2v) is 8.29. The first-order valence-electron chi connectivity index (χ1n) is 11.1. The minimum atomic E-state index is -0.942. The van der Waals surface area contributed by atoms with Gasteiger partial charge in [0, 0.05) is 31.4 Å². The molecule has 3 aromatic rings. The van der Waals surface area contributed by atoms with E-state index < -0.39 is 34.4 Å². The molecule has 2 atom stereocenters. The zero-order valence-electron chi connectivity index (χ0n) is 18.9. The summed E-state index contributed by atoms with van der Waals surface area (Å²) in [5.74, 6) is -3.30. The number of esters is 1. The molecule has 7 nitrogen and oxygen atoms in total. The molecule has 0 saturated carbocycles. The van der Waals surface area contributed by atoms with Gasteiger partial charge in [0.05, 0.1) is 17.7 Å². The minimum absolute atomic E-state index is 0.00240. The summed E-state index contributed by atoms with van der Waals surface area (Å²) in [6, 6.07) is 3.85. The van der Waals surface area contributed by atoms with Gasteiger partial charge in [-0.05, 0) is 37.5 Å². The number of hydrogen-bond acceptors (Lipinski definition) is 6. The molecular weight excluding hydrogens is 449 g/mol. The smallest absolute Gasteiger partial charge is 0.343 e. The lowest BCUT2D eigenvalue weighted by Gasteiger charge is -2.37. The predicted molar refractivity (Wildman–Crippen MR) is 122 cm³/mol. The maximum atomic E-state index is 15.2. The van der Waals surface area contributed by atoms with Gasteiger partial charge in [-0.15, -0.1) is 0 Å². The molecule has 1 saturated heterocycles. The topological polar surface area (TPSA) is 90.5 Å². The first-order valence-corrected chi connectivity index (χ1v) is 11.1. The largest absolute Gasteiger partial charge is 0.462 e. The lowest BCUT2D eigenvalue weighted by atomic mass is 9.91. The van der Waals surface area contributed by atoms with Gasteiger partial charge < -0.3 is 15.4 Å². The number of carbonyl (C=O) groups excluding carboxylic acids is 1.